The van der Waals surface area contributed by atoms with E-state index in [4.69, 9.17) is 0 Å². The molecule has 0 aliphatic rings. The van der Waals surface area contributed by atoms with Crippen molar-refractivity contribution < 1.29 is 13.5 Å². The Bertz CT molecular complexity index is 647. The van der Waals surface area contributed by atoms with Crippen molar-refractivity contribution in [2.75, 3.05) is 5.32 Å². The highest BCUT2D eigenvalue weighted by Gasteiger charge is 2.10. The number of alkyl halides is 2. The van der Waals surface area contributed by atoms with E-state index in [0.29, 0.717) is 23.8 Å². The van der Waals surface area contributed by atoms with Crippen molar-refractivity contribution in [3.63, 3.8) is 0 Å². The van der Waals surface area contributed by atoms with Gasteiger partial charge in [-0.25, -0.2) is 9.97 Å². The summed E-state index contributed by atoms with van der Waals surface area (Å²) in [6, 6.07) is 6.97. The predicted octanol–water partition coefficient (Wildman–Crippen LogP) is 3.87. The lowest BCUT2D eigenvalue weighted by molar-refractivity contribution is -0.0504. The topological polar surface area (TPSA) is 47.0 Å². The van der Waals surface area contributed by atoms with Crippen LogP contribution in [0.25, 0.3) is 0 Å². The number of halogens is 2. The van der Waals surface area contributed by atoms with E-state index in [0.717, 1.165) is 17.7 Å². The molecule has 0 saturated carbocycles. The summed E-state index contributed by atoms with van der Waals surface area (Å²) < 4.78 is 29.5. The van der Waals surface area contributed by atoms with Gasteiger partial charge in [0.1, 0.15) is 17.4 Å². The Hall–Kier alpha value is -2.24. The standard InChI is InChI=1S/C16H19F2N3O/c1-4-13-8-15(21-11(3)20-13)19-9-12-7-10(2)5-6-14(12)22-16(17)18/h5-8,16H,4,9H2,1-3H3,(H,19,20,21). The van der Waals surface area contributed by atoms with E-state index in [9.17, 15) is 8.78 Å². The molecule has 0 saturated heterocycles. The van der Waals surface area contributed by atoms with Crippen molar-refractivity contribution in [1.29, 1.82) is 0 Å². The van der Waals surface area contributed by atoms with Crippen LogP contribution in [-0.2, 0) is 13.0 Å². The lowest BCUT2D eigenvalue weighted by Gasteiger charge is -2.13. The summed E-state index contributed by atoms with van der Waals surface area (Å²) in [7, 11) is 0. The number of hydrogen-bond acceptors (Lipinski definition) is 4. The number of anilines is 1. The van der Waals surface area contributed by atoms with Gasteiger partial charge in [0.05, 0.1) is 0 Å². The van der Waals surface area contributed by atoms with Crippen LogP contribution in [0.5, 0.6) is 5.75 Å². The Kier molecular flexibility index (Phi) is 5.25. The second-order valence-corrected chi connectivity index (χ2v) is 4.99. The highest BCUT2D eigenvalue weighted by molar-refractivity contribution is 5.42. The van der Waals surface area contributed by atoms with Crippen LogP contribution in [0.15, 0.2) is 24.3 Å². The molecule has 0 amide bonds. The number of aromatic nitrogens is 2. The molecule has 2 rings (SSSR count). The van der Waals surface area contributed by atoms with E-state index in [2.05, 4.69) is 20.0 Å². The van der Waals surface area contributed by atoms with Gasteiger partial charge in [-0.2, -0.15) is 8.78 Å². The first kappa shape index (κ1) is 16.1. The van der Waals surface area contributed by atoms with Gasteiger partial charge in [-0.15, -0.1) is 0 Å². The van der Waals surface area contributed by atoms with E-state index in [1.165, 1.54) is 0 Å². The number of nitrogens with zero attached hydrogens (tertiary/aromatic N) is 2. The maximum atomic E-state index is 12.5. The first-order chi connectivity index (χ1) is 10.5. The molecule has 6 heteroatoms. The van der Waals surface area contributed by atoms with Gasteiger partial charge < -0.3 is 10.1 Å². The van der Waals surface area contributed by atoms with Crippen molar-refractivity contribution in [3.05, 3.63) is 46.9 Å². The minimum Gasteiger partial charge on any atom is -0.434 e. The van der Waals surface area contributed by atoms with Crippen LogP contribution in [0.3, 0.4) is 0 Å². The Morgan fingerprint density at radius 2 is 1.95 bits per heavy atom. The zero-order valence-electron chi connectivity index (χ0n) is 12.9. The average molecular weight is 307 g/mol. The van der Waals surface area contributed by atoms with Gasteiger partial charge >= 0.3 is 6.61 Å². The molecule has 1 heterocycles. The van der Waals surface area contributed by atoms with E-state index in [1.807, 2.05) is 32.9 Å². The molecule has 0 aliphatic carbocycles. The monoisotopic (exact) mass is 307 g/mol. The number of ether oxygens (including phenoxy) is 1. The van der Waals surface area contributed by atoms with E-state index in [-0.39, 0.29) is 5.75 Å². The lowest BCUT2D eigenvalue weighted by atomic mass is 10.1. The summed E-state index contributed by atoms with van der Waals surface area (Å²) >= 11 is 0. The van der Waals surface area contributed by atoms with Crippen LogP contribution < -0.4 is 10.1 Å². The van der Waals surface area contributed by atoms with Crippen molar-refractivity contribution in [2.24, 2.45) is 0 Å². The molecule has 1 aromatic heterocycles. The molecular weight excluding hydrogens is 288 g/mol. The third kappa shape index (κ3) is 4.38. The van der Waals surface area contributed by atoms with Crippen LogP contribution >= 0.6 is 0 Å². The summed E-state index contributed by atoms with van der Waals surface area (Å²) in [6.45, 7) is 3.25. The van der Waals surface area contributed by atoms with Crippen LogP contribution in [0, 0.1) is 13.8 Å². The minimum atomic E-state index is -2.84. The smallest absolute Gasteiger partial charge is 0.387 e. The molecule has 0 aliphatic heterocycles. The second-order valence-electron chi connectivity index (χ2n) is 4.99. The molecule has 118 valence electrons. The third-order valence-electron chi connectivity index (χ3n) is 3.15. The Morgan fingerprint density at radius 3 is 2.64 bits per heavy atom. The average Bonchev–Trinajstić information content (AvgIpc) is 2.46. The highest BCUT2D eigenvalue weighted by atomic mass is 19.3. The van der Waals surface area contributed by atoms with Crippen molar-refractivity contribution in [3.8, 4) is 5.75 Å². The summed E-state index contributed by atoms with van der Waals surface area (Å²) in [5, 5.41) is 3.14. The maximum absolute atomic E-state index is 12.5. The Morgan fingerprint density at radius 1 is 1.18 bits per heavy atom. The summed E-state index contributed by atoms with van der Waals surface area (Å²) in [5.41, 5.74) is 2.57. The van der Waals surface area contributed by atoms with Gasteiger partial charge in [-0.1, -0.05) is 24.6 Å². The molecule has 0 spiro atoms. The zero-order chi connectivity index (χ0) is 16.1. The first-order valence-corrected chi connectivity index (χ1v) is 7.10. The molecule has 1 N–H and O–H groups in total. The maximum Gasteiger partial charge on any atom is 0.387 e. The summed E-state index contributed by atoms with van der Waals surface area (Å²) in [4.78, 5) is 8.60. The molecule has 2 aromatic rings. The van der Waals surface area contributed by atoms with Gasteiger partial charge in [0.15, 0.2) is 0 Å². The normalized spacial score (nSPS) is 10.8. The molecule has 0 fully saturated rings. The summed E-state index contributed by atoms with van der Waals surface area (Å²) in [5.74, 6) is 1.53. The van der Waals surface area contributed by atoms with E-state index in [1.54, 1.807) is 12.1 Å². The van der Waals surface area contributed by atoms with Crippen LogP contribution in [0.4, 0.5) is 14.6 Å². The first-order valence-electron chi connectivity index (χ1n) is 7.10. The van der Waals surface area contributed by atoms with Gasteiger partial charge in [0.2, 0.25) is 0 Å². The predicted molar refractivity (Wildman–Crippen MR) is 81.3 cm³/mol. The van der Waals surface area contributed by atoms with Crippen molar-refractivity contribution in [1.82, 2.24) is 9.97 Å². The number of rotatable bonds is 6. The van der Waals surface area contributed by atoms with Gasteiger partial charge in [-0.05, 0) is 26.3 Å². The fourth-order valence-electron chi connectivity index (χ4n) is 2.14. The van der Waals surface area contributed by atoms with E-state index < -0.39 is 6.61 Å². The van der Waals surface area contributed by atoms with Gasteiger partial charge in [-0.3, -0.25) is 0 Å². The highest BCUT2D eigenvalue weighted by Crippen LogP contribution is 2.23. The van der Waals surface area contributed by atoms with Crippen molar-refractivity contribution in [2.45, 2.75) is 40.3 Å². The third-order valence-corrected chi connectivity index (χ3v) is 3.15. The molecule has 0 bridgehead atoms. The molecule has 0 radical (unpaired) electrons. The second kappa shape index (κ2) is 7.15. The summed E-state index contributed by atoms with van der Waals surface area (Å²) in [6.07, 6.45) is 0.808. The Balaban J connectivity index is 2.17. The van der Waals surface area contributed by atoms with Gasteiger partial charge in [0.25, 0.3) is 0 Å². The quantitative estimate of drug-likeness (QED) is 0.880. The molecule has 1 aromatic carbocycles. The molecular formula is C16H19F2N3O. The van der Waals surface area contributed by atoms with Gasteiger partial charge in [0, 0.05) is 23.9 Å². The van der Waals surface area contributed by atoms with Crippen LogP contribution in [-0.4, -0.2) is 16.6 Å². The molecule has 4 nitrogen and oxygen atoms in total. The van der Waals surface area contributed by atoms with Crippen molar-refractivity contribution >= 4 is 5.82 Å². The molecule has 0 unspecified atom stereocenters. The number of nitrogens with one attached hydrogen (secondary N) is 1. The SMILES string of the molecule is CCc1cc(NCc2cc(C)ccc2OC(F)F)nc(C)n1. The number of aryl methyl sites for hydroxylation is 3. The van der Waals surface area contributed by atoms with Crippen LogP contribution in [0.2, 0.25) is 0 Å². The fourth-order valence-corrected chi connectivity index (χ4v) is 2.14. The zero-order valence-corrected chi connectivity index (χ0v) is 12.9. The minimum absolute atomic E-state index is 0.176. The number of benzene rings is 1. The molecule has 0 atom stereocenters. The largest absolute Gasteiger partial charge is 0.434 e. The lowest BCUT2D eigenvalue weighted by Crippen LogP contribution is -2.09. The van der Waals surface area contributed by atoms with E-state index >= 15 is 0 Å². The number of hydrogen-bond donors (Lipinski definition) is 1. The Labute approximate surface area is 128 Å². The van der Waals surface area contributed by atoms with Crippen LogP contribution in [0.1, 0.15) is 29.6 Å². The fraction of sp³-hybridized carbons (Fsp3) is 0.375. The molecule has 22 heavy (non-hydrogen) atoms.